The first kappa shape index (κ1) is 14.0. The molecule has 0 aromatic heterocycles. The molecule has 17 heavy (non-hydrogen) atoms. The fraction of sp³-hybridized carbons (Fsp3) is 0.538. The molecule has 0 saturated heterocycles. The third kappa shape index (κ3) is 3.70. The van der Waals surface area contributed by atoms with Crippen LogP contribution in [0.15, 0.2) is 18.2 Å². The molecule has 1 rings (SSSR count). The molecule has 0 aliphatic carbocycles. The lowest BCUT2D eigenvalue weighted by atomic mass is 9.89. The summed E-state index contributed by atoms with van der Waals surface area (Å²) in [5.74, 6) is 0.443. The number of benzene rings is 1. The molecule has 0 fully saturated rings. The first-order valence-electron chi connectivity index (χ1n) is 5.85. The van der Waals surface area contributed by atoms with Crippen molar-refractivity contribution in [1.29, 1.82) is 0 Å². The highest BCUT2D eigenvalue weighted by Crippen LogP contribution is 2.27. The van der Waals surface area contributed by atoms with Crippen LogP contribution in [0, 0.1) is 5.92 Å². The molecule has 0 radical (unpaired) electrons. The molecule has 0 heterocycles. The lowest BCUT2D eigenvalue weighted by Gasteiger charge is -2.18. The summed E-state index contributed by atoms with van der Waals surface area (Å²) in [4.78, 5) is 0. The van der Waals surface area contributed by atoms with Gasteiger partial charge in [-0.2, -0.15) is 0 Å². The van der Waals surface area contributed by atoms with Gasteiger partial charge in [0, 0.05) is 12.2 Å². The molecular weight excluding hydrogens is 218 g/mol. The predicted octanol–water partition coefficient (Wildman–Crippen LogP) is 0.945. The second-order valence-electron chi connectivity index (χ2n) is 4.47. The van der Waals surface area contributed by atoms with Gasteiger partial charge in [0.15, 0.2) is 0 Å². The van der Waals surface area contributed by atoms with E-state index in [1.807, 2.05) is 13.0 Å². The number of aliphatic hydroxyl groups excluding tert-OH is 2. The topological polar surface area (TPSA) is 86.7 Å². The monoisotopic (exact) mass is 239 g/mol. The second-order valence-corrected chi connectivity index (χ2v) is 4.47. The molecule has 4 nitrogen and oxygen atoms in total. The van der Waals surface area contributed by atoms with Gasteiger partial charge in [0.2, 0.25) is 0 Å². The highest BCUT2D eigenvalue weighted by atomic mass is 16.3. The summed E-state index contributed by atoms with van der Waals surface area (Å²) in [5, 5.41) is 27.7. The Morgan fingerprint density at radius 3 is 2.53 bits per heavy atom. The molecule has 96 valence electrons. The van der Waals surface area contributed by atoms with Gasteiger partial charge in [-0.15, -0.1) is 0 Å². The number of hydrogen-bond acceptors (Lipinski definition) is 4. The largest absolute Gasteiger partial charge is 0.508 e. The van der Waals surface area contributed by atoms with Crippen LogP contribution < -0.4 is 5.73 Å². The van der Waals surface area contributed by atoms with Crippen molar-refractivity contribution in [2.24, 2.45) is 11.7 Å². The third-order valence-electron chi connectivity index (χ3n) is 3.12. The average molecular weight is 239 g/mol. The van der Waals surface area contributed by atoms with E-state index in [9.17, 15) is 5.11 Å². The Labute approximate surface area is 102 Å². The molecule has 4 heteroatoms. The zero-order valence-electron chi connectivity index (χ0n) is 10.1. The minimum Gasteiger partial charge on any atom is -0.508 e. The average Bonchev–Trinajstić information content (AvgIpc) is 2.36. The summed E-state index contributed by atoms with van der Waals surface area (Å²) >= 11 is 0. The Hall–Kier alpha value is -1.10. The number of aliphatic hydroxyl groups is 2. The molecule has 1 aromatic carbocycles. The van der Waals surface area contributed by atoms with Crippen molar-refractivity contribution in [3.8, 4) is 5.75 Å². The van der Waals surface area contributed by atoms with Gasteiger partial charge >= 0.3 is 0 Å². The van der Waals surface area contributed by atoms with Gasteiger partial charge in [-0.05, 0) is 42.5 Å². The number of nitrogens with two attached hydrogens (primary N) is 1. The van der Waals surface area contributed by atoms with Crippen LogP contribution >= 0.6 is 0 Å². The summed E-state index contributed by atoms with van der Waals surface area (Å²) in [6.45, 7) is 2.43. The summed E-state index contributed by atoms with van der Waals surface area (Å²) in [6, 6.07) is 5.23. The van der Waals surface area contributed by atoms with E-state index in [1.165, 1.54) is 0 Å². The second kappa shape index (κ2) is 6.59. The summed E-state index contributed by atoms with van der Waals surface area (Å²) in [6.07, 6.45) is 0.794. The maximum absolute atomic E-state index is 9.47. The van der Waals surface area contributed by atoms with Gasteiger partial charge in [-0.1, -0.05) is 13.0 Å². The van der Waals surface area contributed by atoms with E-state index < -0.39 is 0 Å². The van der Waals surface area contributed by atoms with Crippen LogP contribution in [0.2, 0.25) is 0 Å². The summed E-state index contributed by atoms with van der Waals surface area (Å²) < 4.78 is 0. The summed E-state index contributed by atoms with van der Waals surface area (Å²) in [5.41, 5.74) is 7.12. The van der Waals surface area contributed by atoms with Gasteiger partial charge in [0.1, 0.15) is 5.75 Å². The zero-order chi connectivity index (χ0) is 12.8. The van der Waals surface area contributed by atoms with E-state index in [0.717, 1.165) is 12.0 Å². The Kier molecular flexibility index (Phi) is 5.41. The maximum atomic E-state index is 9.47. The number of phenols is 1. The molecule has 0 amide bonds. The normalized spacial score (nSPS) is 14.6. The quantitative estimate of drug-likeness (QED) is 0.595. The molecule has 1 aromatic rings. The van der Waals surface area contributed by atoms with Gasteiger partial charge in [-0.25, -0.2) is 0 Å². The van der Waals surface area contributed by atoms with Crippen molar-refractivity contribution in [2.45, 2.75) is 25.9 Å². The van der Waals surface area contributed by atoms with Crippen LogP contribution in [0.3, 0.4) is 0 Å². The van der Waals surface area contributed by atoms with E-state index in [2.05, 4.69) is 0 Å². The van der Waals surface area contributed by atoms with Gasteiger partial charge in [0.25, 0.3) is 0 Å². The molecule has 0 spiro atoms. The van der Waals surface area contributed by atoms with Crippen LogP contribution in [0.5, 0.6) is 5.75 Å². The molecule has 0 aliphatic rings. The van der Waals surface area contributed by atoms with Crippen molar-refractivity contribution in [3.05, 3.63) is 29.3 Å². The van der Waals surface area contributed by atoms with E-state index in [4.69, 9.17) is 15.9 Å². The van der Waals surface area contributed by atoms with E-state index >= 15 is 0 Å². The summed E-state index contributed by atoms with van der Waals surface area (Å²) in [7, 11) is 0. The molecule has 5 N–H and O–H groups in total. The minimum atomic E-state index is -0.174. The lowest BCUT2D eigenvalue weighted by Crippen LogP contribution is -2.20. The first-order chi connectivity index (χ1) is 8.12. The van der Waals surface area contributed by atoms with Crippen LogP contribution in [0.4, 0.5) is 0 Å². The molecular formula is C13H21NO3. The number of rotatable bonds is 6. The third-order valence-corrected chi connectivity index (χ3v) is 3.12. The van der Waals surface area contributed by atoms with Crippen LogP contribution in [-0.2, 0) is 6.61 Å². The van der Waals surface area contributed by atoms with Gasteiger partial charge in [-0.3, -0.25) is 0 Å². The lowest BCUT2D eigenvalue weighted by molar-refractivity contribution is 0.217. The standard InChI is InChI=1S/C13H21NO3/c1-9(4-10(6-14)7-15)11-2-3-13(17)12(5-11)8-16/h2-3,5,9-10,15-17H,4,6-8,14H2,1H3. The molecule has 0 saturated carbocycles. The highest BCUT2D eigenvalue weighted by Gasteiger charge is 2.14. The number of hydrogen-bond donors (Lipinski definition) is 4. The first-order valence-corrected chi connectivity index (χ1v) is 5.85. The molecule has 2 unspecified atom stereocenters. The van der Waals surface area contributed by atoms with Crippen molar-refractivity contribution in [3.63, 3.8) is 0 Å². The zero-order valence-corrected chi connectivity index (χ0v) is 10.1. The fourth-order valence-electron chi connectivity index (χ4n) is 1.92. The van der Waals surface area contributed by atoms with Crippen molar-refractivity contribution in [1.82, 2.24) is 0 Å². The van der Waals surface area contributed by atoms with Gasteiger partial charge < -0.3 is 21.1 Å². The van der Waals surface area contributed by atoms with Crippen LogP contribution in [-0.4, -0.2) is 28.5 Å². The fourth-order valence-corrected chi connectivity index (χ4v) is 1.92. The maximum Gasteiger partial charge on any atom is 0.121 e. The Morgan fingerprint density at radius 2 is 2.00 bits per heavy atom. The Balaban J connectivity index is 2.78. The van der Waals surface area contributed by atoms with Crippen molar-refractivity contribution < 1.29 is 15.3 Å². The van der Waals surface area contributed by atoms with E-state index in [0.29, 0.717) is 12.1 Å². The van der Waals surface area contributed by atoms with Gasteiger partial charge in [0.05, 0.1) is 6.61 Å². The SMILES string of the molecule is CC(CC(CN)CO)c1ccc(O)c(CO)c1. The highest BCUT2D eigenvalue weighted by molar-refractivity contribution is 5.36. The Bertz CT molecular complexity index is 351. The van der Waals surface area contributed by atoms with Crippen molar-refractivity contribution in [2.75, 3.05) is 13.2 Å². The van der Waals surface area contributed by atoms with E-state index in [-0.39, 0.29) is 30.8 Å². The molecule has 0 aliphatic heterocycles. The van der Waals surface area contributed by atoms with Crippen LogP contribution in [0.25, 0.3) is 0 Å². The van der Waals surface area contributed by atoms with Crippen LogP contribution in [0.1, 0.15) is 30.4 Å². The van der Waals surface area contributed by atoms with E-state index in [1.54, 1.807) is 12.1 Å². The minimum absolute atomic E-state index is 0.0891. The number of aromatic hydroxyl groups is 1. The predicted molar refractivity (Wildman–Crippen MR) is 66.7 cm³/mol. The Morgan fingerprint density at radius 1 is 1.29 bits per heavy atom. The smallest absolute Gasteiger partial charge is 0.121 e. The molecule has 0 bridgehead atoms. The molecule has 2 atom stereocenters. The van der Waals surface area contributed by atoms with Crippen molar-refractivity contribution >= 4 is 0 Å².